The van der Waals surface area contributed by atoms with E-state index in [0.29, 0.717) is 0 Å². The van der Waals surface area contributed by atoms with Gasteiger partial charge in [0.1, 0.15) is 5.75 Å². The van der Waals surface area contributed by atoms with E-state index in [-0.39, 0.29) is 5.04 Å². The van der Waals surface area contributed by atoms with E-state index in [1.54, 1.807) is 0 Å². The summed E-state index contributed by atoms with van der Waals surface area (Å²) in [5.74, 6) is 0.970. The molecular formula is C20H25BrOSi. The van der Waals surface area contributed by atoms with Crippen molar-refractivity contribution < 1.29 is 4.43 Å². The zero-order valence-electron chi connectivity index (χ0n) is 14.6. The minimum atomic E-state index is -1.76. The second-order valence-electron chi connectivity index (χ2n) is 7.32. The average Bonchev–Trinajstić information content (AvgIpc) is 2.47. The molecule has 0 atom stereocenters. The summed E-state index contributed by atoms with van der Waals surface area (Å²) >= 11 is 3.45. The molecule has 0 amide bonds. The van der Waals surface area contributed by atoms with Crippen LogP contribution in [-0.2, 0) is 0 Å². The normalized spacial score (nSPS) is 12.6. The summed E-state index contributed by atoms with van der Waals surface area (Å²) in [6, 6.07) is 16.6. The molecule has 2 aromatic carbocycles. The van der Waals surface area contributed by atoms with Crippen molar-refractivity contribution in [3.63, 3.8) is 0 Å². The Labute approximate surface area is 149 Å². The molecule has 1 nitrogen and oxygen atoms in total. The Morgan fingerprint density at radius 2 is 1.26 bits per heavy atom. The Kier molecular flexibility index (Phi) is 5.53. The van der Waals surface area contributed by atoms with Crippen molar-refractivity contribution in [1.29, 1.82) is 0 Å². The zero-order chi connectivity index (χ0) is 17.1. The van der Waals surface area contributed by atoms with Gasteiger partial charge < -0.3 is 4.43 Å². The maximum Gasteiger partial charge on any atom is 0.250 e. The van der Waals surface area contributed by atoms with Crippen molar-refractivity contribution >= 4 is 36.4 Å². The van der Waals surface area contributed by atoms with E-state index in [9.17, 15) is 0 Å². The maximum atomic E-state index is 6.31. The minimum absolute atomic E-state index is 0.215. The van der Waals surface area contributed by atoms with Crippen molar-refractivity contribution in [2.75, 3.05) is 0 Å². The van der Waals surface area contributed by atoms with Gasteiger partial charge in [0, 0.05) is 4.47 Å². The van der Waals surface area contributed by atoms with Crippen LogP contribution in [0.4, 0.5) is 0 Å². The molecule has 0 heterocycles. The largest absolute Gasteiger partial charge is 0.544 e. The molecule has 0 radical (unpaired) electrons. The highest BCUT2D eigenvalue weighted by Gasteiger charge is 2.38. The lowest BCUT2D eigenvalue weighted by Gasteiger charge is -2.36. The van der Waals surface area contributed by atoms with Gasteiger partial charge in [-0.05, 0) is 53.5 Å². The first-order chi connectivity index (χ1) is 10.7. The van der Waals surface area contributed by atoms with Crippen LogP contribution >= 0.6 is 15.9 Å². The van der Waals surface area contributed by atoms with Crippen molar-refractivity contribution in [3.8, 4) is 5.75 Å². The Balaban J connectivity index is 2.06. The summed E-state index contributed by atoms with van der Waals surface area (Å²) in [6.07, 6.45) is 4.25. The van der Waals surface area contributed by atoms with Gasteiger partial charge in [0.2, 0.25) is 8.32 Å². The van der Waals surface area contributed by atoms with E-state index >= 15 is 0 Å². The molecular weight excluding hydrogens is 364 g/mol. The average molecular weight is 389 g/mol. The topological polar surface area (TPSA) is 9.23 Å². The molecule has 0 saturated carbocycles. The standard InChI is InChI=1S/C20H25BrOSi/c1-20(2,3)23(4,5)22-19-14-10-17(11-15-19)7-6-16-8-12-18(21)13-9-16/h6-15H,1-5H3/b7-6+. The maximum absolute atomic E-state index is 6.31. The number of halogens is 1. The first-order valence-corrected chi connectivity index (χ1v) is 11.6. The van der Waals surface area contributed by atoms with Crippen LogP contribution in [0.2, 0.25) is 18.1 Å². The van der Waals surface area contributed by atoms with Gasteiger partial charge >= 0.3 is 0 Å². The van der Waals surface area contributed by atoms with Crippen molar-refractivity contribution in [1.82, 2.24) is 0 Å². The molecule has 0 aromatic heterocycles. The van der Waals surface area contributed by atoms with Crippen LogP contribution in [0.1, 0.15) is 31.9 Å². The Morgan fingerprint density at radius 1 is 0.826 bits per heavy atom. The molecule has 0 aliphatic rings. The Bertz CT molecular complexity index is 664. The molecule has 0 spiro atoms. The molecule has 3 heteroatoms. The van der Waals surface area contributed by atoms with Gasteiger partial charge in [-0.25, -0.2) is 0 Å². The molecule has 0 saturated heterocycles. The first kappa shape index (κ1) is 18.0. The van der Waals surface area contributed by atoms with Crippen LogP contribution in [0.25, 0.3) is 12.2 Å². The van der Waals surface area contributed by atoms with E-state index in [1.807, 2.05) is 0 Å². The molecule has 0 unspecified atom stereocenters. The first-order valence-electron chi connectivity index (χ1n) is 7.90. The lowest BCUT2D eigenvalue weighted by molar-refractivity contribution is 0.492. The monoisotopic (exact) mass is 388 g/mol. The predicted octanol–water partition coefficient (Wildman–Crippen LogP) is 7.00. The molecule has 0 aliphatic heterocycles. The molecule has 0 N–H and O–H groups in total. The lowest BCUT2D eigenvalue weighted by atomic mass is 10.1. The summed E-state index contributed by atoms with van der Waals surface area (Å²) < 4.78 is 7.41. The zero-order valence-corrected chi connectivity index (χ0v) is 17.1. The summed E-state index contributed by atoms with van der Waals surface area (Å²) in [4.78, 5) is 0. The highest BCUT2D eigenvalue weighted by molar-refractivity contribution is 9.10. The quantitative estimate of drug-likeness (QED) is 0.404. The fourth-order valence-electron chi connectivity index (χ4n) is 1.86. The number of rotatable bonds is 4. The van der Waals surface area contributed by atoms with Crippen LogP contribution in [0.15, 0.2) is 53.0 Å². The third-order valence-electron chi connectivity index (χ3n) is 4.40. The smallest absolute Gasteiger partial charge is 0.250 e. The summed E-state index contributed by atoms with van der Waals surface area (Å²) in [5.41, 5.74) is 2.37. The van der Waals surface area contributed by atoms with Crippen molar-refractivity contribution in [2.45, 2.75) is 38.9 Å². The number of benzene rings is 2. The lowest BCUT2D eigenvalue weighted by Crippen LogP contribution is -2.43. The van der Waals surface area contributed by atoms with Crippen molar-refractivity contribution in [2.24, 2.45) is 0 Å². The van der Waals surface area contributed by atoms with Gasteiger partial charge in [-0.15, -0.1) is 0 Å². The molecule has 23 heavy (non-hydrogen) atoms. The highest BCUT2D eigenvalue weighted by Crippen LogP contribution is 2.37. The predicted molar refractivity (Wildman–Crippen MR) is 107 cm³/mol. The molecule has 0 bridgehead atoms. The third-order valence-corrected chi connectivity index (χ3v) is 9.28. The SMILES string of the molecule is CC(C)(C)[Si](C)(C)Oc1ccc(/C=C/c2ccc(Br)cc2)cc1. The van der Waals surface area contributed by atoms with Gasteiger partial charge in [-0.2, -0.15) is 0 Å². The van der Waals surface area contributed by atoms with Crippen LogP contribution < -0.4 is 4.43 Å². The second-order valence-corrected chi connectivity index (χ2v) is 13.0. The van der Waals surface area contributed by atoms with E-state index in [1.165, 1.54) is 11.1 Å². The summed E-state index contributed by atoms with van der Waals surface area (Å²) in [5, 5.41) is 0.215. The van der Waals surface area contributed by atoms with Crippen LogP contribution in [0, 0.1) is 0 Å². The van der Waals surface area contributed by atoms with Crippen LogP contribution in [0.3, 0.4) is 0 Å². The summed E-state index contributed by atoms with van der Waals surface area (Å²) in [6.45, 7) is 11.3. The fourth-order valence-corrected chi connectivity index (χ4v) is 3.16. The second kappa shape index (κ2) is 7.06. The minimum Gasteiger partial charge on any atom is -0.544 e. The third kappa shape index (κ3) is 5.08. The molecule has 2 aromatic rings. The number of hydrogen-bond acceptors (Lipinski definition) is 1. The van der Waals surface area contributed by atoms with Gasteiger partial charge in [-0.1, -0.05) is 73.1 Å². The Hall–Kier alpha value is -1.32. The van der Waals surface area contributed by atoms with E-state index < -0.39 is 8.32 Å². The van der Waals surface area contributed by atoms with Crippen molar-refractivity contribution in [3.05, 3.63) is 64.1 Å². The number of hydrogen-bond donors (Lipinski definition) is 0. The van der Waals surface area contributed by atoms with Crippen LogP contribution in [0.5, 0.6) is 5.75 Å². The van der Waals surface area contributed by atoms with Gasteiger partial charge in [0.25, 0.3) is 0 Å². The van der Waals surface area contributed by atoms with E-state index in [0.717, 1.165) is 10.2 Å². The highest BCUT2D eigenvalue weighted by atomic mass is 79.9. The molecule has 0 fully saturated rings. The van der Waals surface area contributed by atoms with Gasteiger partial charge in [0.05, 0.1) is 0 Å². The van der Waals surface area contributed by atoms with Gasteiger partial charge in [-0.3, -0.25) is 0 Å². The molecule has 2 rings (SSSR count). The van der Waals surface area contributed by atoms with E-state index in [2.05, 4.69) is 110 Å². The van der Waals surface area contributed by atoms with Crippen LogP contribution in [-0.4, -0.2) is 8.32 Å². The Morgan fingerprint density at radius 3 is 1.70 bits per heavy atom. The molecule has 0 aliphatic carbocycles. The van der Waals surface area contributed by atoms with E-state index in [4.69, 9.17) is 4.43 Å². The fraction of sp³-hybridized carbons (Fsp3) is 0.300. The summed E-state index contributed by atoms with van der Waals surface area (Å²) in [7, 11) is -1.76. The van der Waals surface area contributed by atoms with Gasteiger partial charge in [0.15, 0.2) is 0 Å². The molecule has 122 valence electrons.